The number of rotatable bonds is 4. The minimum Gasteiger partial charge on any atom is -0.378 e. The molecule has 4 rings (SSSR count). The number of morpholine rings is 1. The van der Waals surface area contributed by atoms with E-state index in [-0.39, 0.29) is 17.2 Å². The fourth-order valence-electron chi connectivity index (χ4n) is 4.28. The van der Waals surface area contributed by atoms with Crippen LogP contribution in [0.3, 0.4) is 0 Å². The van der Waals surface area contributed by atoms with E-state index in [0.717, 1.165) is 51.8 Å². The number of ketones is 1. The van der Waals surface area contributed by atoms with Gasteiger partial charge in [0.15, 0.2) is 5.78 Å². The van der Waals surface area contributed by atoms with Crippen molar-refractivity contribution in [3.63, 3.8) is 0 Å². The maximum atomic E-state index is 13.0. The summed E-state index contributed by atoms with van der Waals surface area (Å²) in [5.41, 5.74) is 4.01. The van der Waals surface area contributed by atoms with Gasteiger partial charge in [0.1, 0.15) is 0 Å². The Morgan fingerprint density at radius 1 is 1.23 bits per heavy atom. The van der Waals surface area contributed by atoms with Gasteiger partial charge in [-0.25, -0.2) is 4.79 Å². The average Bonchev–Trinajstić information content (AvgIpc) is 3.07. The van der Waals surface area contributed by atoms with Crippen LogP contribution < -0.4 is 15.5 Å². The number of hydrogen-bond donors (Lipinski definition) is 2. The molecule has 0 saturated carbocycles. The number of fused-ring (bicyclic) bond motifs is 1. The van der Waals surface area contributed by atoms with Crippen molar-refractivity contribution in [2.45, 2.75) is 33.6 Å². The molecule has 1 fully saturated rings. The van der Waals surface area contributed by atoms with Crippen molar-refractivity contribution in [3.05, 3.63) is 34.7 Å². The molecule has 0 spiro atoms. The number of nitrogens with one attached hydrogen (secondary N) is 2. The summed E-state index contributed by atoms with van der Waals surface area (Å²) in [5, 5.41) is 6.81. The predicted octanol–water partition coefficient (Wildman–Crippen LogP) is 4.55. The lowest BCUT2D eigenvalue weighted by molar-refractivity contribution is 0.0918. The molecule has 0 bridgehead atoms. The third kappa shape index (κ3) is 4.23. The van der Waals surface area contributed by atoms with Crippen molar-refractivity contribution in [2.24, 2.45) is 5.41 Å². The number of hydrogen-bond acceptors (Lipinski definition) is 5. The smallest absolute Gasteiger partial charge is 0.319 e. The molecule has 1 aromatic heterocycles. The van der Waals surface area contributed by atoms with Crippen LogP contribution in [0.5, 0.6) is 0 Å². The number of thiophene rings is 1. The van der Waals surface area contributed by atoms with E-state index in [4.69, 9.17) is 4.74 Å². The Morgan fingerprint density at radius 2 is 2.00 bits per heavy atom. The molecule has 6 nitrogen and oxygen atoms in total. The highest BCUT2D eigenvalue weighted by Gasteiger charge is 2.37. The molecule has 2 aromatic rings. The van der Waals surface area contributed by atoms with Crippen molar-refractivity contribution >= 4 is 33.8 Å². The van der Waals surface area contributed by atoms with Crippen LogP contribution in [0.2, 0.25) is 0 Å². The summed E-state index contributed by atoms with van der Waals surface area (Å²) < 4.78 is 5.55. The normalized spacial score (nSPS) is 18.1. The molecule has 1 aliphatic carbocycles. The van der Waals surface area contributed by atoms with Gasteiger partial charge in [0.2, 0.25) is 0 Å². The number of nitrogens with zero attached hydrogens (tertiary/aromatic N) is 1. The van der Waals surface area contributed by atoms with Crippen LogP contribution in [0.4, 0.5) is 15.5 Å². The highest BCUT2D eigenvalue weighted by molar-refractivity contribution is 7.19. The molecule has 2 heterocycles. The molecule has 0 radical (unpaired) electrons. The van der Waals surface area contributed by atoms with E-state index in [1.165, 1.54) is 0 Å². The summed E-state index contributed by atoms with van der Waals surface area (Å²) >= 11 is 1.62. The topological polar surface area (TPSA) is 70.7 Å². The number of carbonyl (C=O) groups excluding carboxylic acids is 2. The summed E-state index contributed by atoms with van der Waals surface area (Å²) in [6.45, 7) is 9.82. The van der Waals surface area contributed by atoms with Gasteiger partial charge in [-0.15, -0.1) is 11.3 Å². The number of benzene rings is 1. The SMILES string of the molecule is CCNC(=O)Nc1cccc(-c2c(N3CCOCC3)sc3c2CC(C)(C)CC3=O)c1. The number of anilines is 2. The van der Waals surface area contributed by atoms with Crippen molar-refractivity contribution < 1.29 is 14.3 Å². The molecule has 2 N–H and O–H groups in total. The van der Waals surface area contributed by atoms with E-state index in [9.17, 15) is 9.59 Å². The van der Waals surface area contributed by atoms with E-state index < -0.39 is 0 Å². The lowest BCUT2D eigenvalue weighted by atomic mass is 9.75. The zero-order valence-electron chi connectivity index (χ0n) is 17.8. The molecular weight excluding hydrogens is 398 g/mol. The Bertz CT molecular complexity index is 961. The molecule has 1 saturated heterocycles. The number of carbonyl (C=O) groups is 2. The average molecular weight is 428 g/mol. The first-order valence-electron chi connectivity index (χ1n) is 10.5. The lowest BCUT2D eigenvalue weighted by Gasteiger charge is -2.30. The van der Waals surface area contributed by atoms with E-state index in [0.29, 0.717) is 26.2 Å². The molecule has 2 aliphatic rings. The zero-order valence-corrected chi connectivity index (χ0v) is 18.7. The fraction of sp³-hybridized carbons (Fsp3) is 0.478. The van der Waals surface area contributed by atoms with Gasteiger partial charge in [0.25, 0.3) is 0 Å². The van der Waals surface area contributed by atoms with Crippen LogP contribution in [-0.2, 0) is 11.2 Å². The second kappa shape index (κ2) is 8.40. The number of ether oxygens (including phenoxy) is 1. The van der Waals surface area contributed by atoms with Crippen LogP contribution in [0.1, 0.15) is 42.4 Å². The molecule has 1 aromatic carbocycles. The monoisotopic (exact) mass is 427 g/mol. The summed E-state index contributed by atoms with van der Waals surface area (Å²) in [6, 6.07) is 7.71. The minimum absolute atomic E-state index is 0.0565. The van der Waals surface area contributed by atoms with E-state index in [1.807, 2.05) is 25.1 Å². The maximum absolute atomic E-state index is 13.0. The summed E-state index contributed by atoms with van der Waals surface area (Å²) in [4.78, 5) is 28.2. The highest BCUT2D eigenvalue weighted by atomic mass is 32.1. The largest absolute Gasteiger partial charge is 0.378 e. The molecule has 30 heavy (non-hydrogen) atoms. The number of Topliss-reactive ketones (excluding diaryl/α,β-unsaturated/α-hetero) is 1. The van der Waals surface area contributed by atoms with Gasteiger partial charge in [-0.3, -0.25) is 4.79 Å². The second-order valence-electron chi connectivity index (χ2n) is 8.70. The molecule has 2 amide bonds. The van der Waals surface area contributed by atoms with E-state index in [1.54, 1.807) is 11.3 Å². The van der Waals surface area contributed by atoms with Gasteiger partial charge in [0, 0.05) is 37.3 Å². The van der Waals surface area contributed by atoms with Crippen molar-refractivity contribution in [1.29, 1.82) is 0 Å². The summed E-state index contributed by atoms with van der Waals surface area (Å²) in [6.07, 6.45) is 1.46. The van der Waals surface area contributed by atoms with Crippen LogP contribution in [0.15, 0.2) is 24.3 Å². The van der Waals surface area contributed by atoms with Crippen molar-refractivity contribution in [1.82, 2.24) is 5.32 Å². The first-order chi connectivity index (χ1) is 14.4. The molecule has 160 valence electrons. The maximum Gasteiger partial charge on any atom is 0.319 e. The molecule has 7 heteroatoms. The van der Waals surface area contributed by atoms with Gasteiger partial charge in [-0.2, -0.15) is 0 Å². The Balaban J connectivity index is 1.80. The van der Waals surface area contributed by atoms with Gasteiger partial charge >= 0.3 is 6.03 Å². The third-order valence-corrected chi connectivity index (χ3v) is 6.91. The molecule has 0 atom stereocenters. The molecule has 1 aliphatic heterocycles. The number of urea groups is 1. The fourth-order valence-corrected chi connectivity index (χ4v) is 5.61. The Hall–Kier alpha value is -2.38. The van der Waals surface area contributed by atoms with Crippen molar-refractivity contribution in [3.8, 4) is 11.1 Å². The standard InChI is InChI=1S/C23H29N3O3S/c1-4-24-22(28)25-16-7-5-6-15(12-16)19-17-13-23(2,3)14-18(27)20(17)30-21(19)26-8-10-29-11-9-26/h5-7,12H,4,8-11,13-14H2,1-3H3,(H2,24,25,28). The van der Waals surface area contributed by atoms with Gasteiger partial charge in [-0.1, -0.05) is 26.0 Å². The van der Waals surface area contributed by atoms with Crippen LogP contribution >= 0.6 is 11.3 Å². The molecular formula is C23H29N3O3S. The van der Waals surface area contributed by atoms with Gasteiger partial charge in [-0.05, 0) is 42.0 Å². The van der Waals surface area contributed by atoms with Gasteiger partial charge in [0.05, 0.1) is 23.1 Å². The Morgan fingerprint density at radius 3 is 2.73 bits per heavy atom. The van der Waals surface area contributed by atoms with Crippen molar-refractivity contribution in [2.75, 3.05) is 43.1 Å². The summed E-state index contributed by atoms with van der Waals surface area (Å²) in [7, 11) is 0. The van der Waals surface area contributed by atoms with Gasteiger partial charge < -0.3 is 20.3 Å². The van der Waals surface area contributed by atoms with Crippen LogP contribution in [0, 0.1) is 5.41 Å². The Kier molecular flexibility index (Phi) is 5.84. The number of amides is 2. The minimum atomic E-state index is -0.216. The first kappa shape index (κ1) is 20.9. The quantitative estimate of drug-likeness (QED) is 0.751. The predicted molar refractivity (Wildman–Crippen MR) is 122 cm³/mol. The van der Waals surface area contributed by atoms with Crippen LogP contribution in [-0.4, -0.2) is 44.7 Å². The first-order valence-corrected chi connectivity index (χ1v) is 11.4. The van der Waals surface area contributed by atoms with E-state index >= 15 is 0 Å². The Labute approximate surface area is 181 Å². The summed E-state index contributed by atoms with van der Waals surface area (Å²) in [5.74, 6) is 0.239. The van der Waals surface area contributed by atoms with E-state index in [2.05, 4.69) is 35.4 Å². The molecule has 0 unspecified atom stereocenters. The lowest BCUT2D eigenvalue weighted by Crippen LogP contribution is -2.36. The second-order valence-corrected chi connectivity index (χ2v) is 9.69. The highest BCUT2D eigenvalue weighted by Crippen LogP contribution is 2.49. The van der Waals surface area contributed by atoms with Crippen LogP contribution in [0.25, 0.3) is 11.1 Å². The third-order valence-electron chi connectivity index (χ3n) is 5.58. The zero-order chi connectivity index (χ0) is 21.3.